The normalized spacial score (nSPS) is 19.3. The van der Waals surface area contributed by atoms with Crippen molar-refractivity contribution in [1.29, 1.82) is 0 Å². The van der Waals surface area contributed by atoms with Gasteiger partial charge in [0.25, 0.3) is 0 Å². The third kappa shape index (κ3) is 3.67. The number of halogens is 1. The summed E-state index contributed by atoms with van der Waals surface area (Å²) in [5.74, 6) is 1.94. The van der Waals surface area contributed by atoms with E-state index in [1.807, 2.05) is 12.1 Å². The van der Waals surface area contributed by atoms with Crippen LogP contribution in [0.4, 0.5) is 0 Å². The predicted molar refractivity (Wildman–Crippen MR) is 82.0 cm³/mol. The molecule has 1 N–H and O–H groups in total. The summed E-state index contributed by atoms with van der Waals surface area (Å²) >= 11 is 7.70. The summed E-state index contributed by atoms with van der Waals surface area (Å²) in [5, 5.41) is 3.10. The highest BCUT2D eigenvalue weighted by atomic mass is 35.5. The number of benzene rings is 1. The summed E-state index contributed by atoms with van der Waals surface area (Å²) in [6.07, 6.45) is 0.927. The monoisotopic (exact) mass is 297 g/mol. The second kappa shape index (κ2) is 6.67. The Morgan fingerprint density at radius 2 is 2.21 bits per heavy atom. The molecule has 2 unspecified atom stereocenters. The van der Waals surface area contributed by atoms with Gasteiger partial charge in [-0.25, -0.2) is 0 Å². The minimum atomic E-state index is -0.0286. The van der Waals surface area contributed by atoms with Gasteiger partial charge in [0.15, 0.2) is 0 Å². The Hall–Kier alpha value is -0.670. The molecule has 0 fully saturated rings. The van der Waals surface area contributed by atoms with Crippen LogP contribution < -0.4 is 5.32 Å². The van der Waals surface area contributed by atoms with Crippen molar-refractivity contribution >= 4 is 29.3 Å². The summed E-state index contributed by atoms with van der Waals surface area (Å²) in [5.41, 5.74) is 1.16. The fraction of sp³-hybridized carbons (Fsp3) is 0.533. The van der Waals surface area contributed by atoms with Crippen LogP contribution in [0.25, 0.3) is 0 Å². The molecular weight excluding hydrogens is 278 g/mol. The molecule has 1 aromatic carbocycles. The van der Waals surface area contributed by atoms with Crippen LogP contribution in [-0.4, -0.2) is 23.6 Å². The van der Waals surface area contributed by atoms with E-state index in [4.69, 9.17) is 11.6 Å². The molecule has 4 heteroatoms. The fourth-order valence-electron chi connectivity index (χ4n) is 2.41. The third-order valence-electron chi connectivity index (χ3n) is 3.30. The van der Waals surface area contributed by atoms with Crippen LogP contribution in [0, 0.1) is 5.92 Å². The molecule has 1 aliphatic rings. The van der Waals surface area contributed by atoms with Gasteiger partial charge in [0, 0.05) is 22.6 Å². The maximum atomic E-state index is 12.4. The summed E-state index contributed by atoms with van der Waals surface area (Å²) in [7, 11) is 0. The number of fused-ring (bicyclic) bond motifs is 1. The Kier molecular flexibility index (Phi) is 5.17. The number of hydrogen-bond donors (Lipinski definition) is 1. The van der Waals surface area contributed by atoms with Gasteiger partial charge >= 0.3 is 0 Å². The summed E-state index contributed by atoms with van der Waals surface area (Å²) < 4.78 is 0. The standard InChI is InChI=1S/C15H20ClNOS/c1-10(2)7-11(8-16)17-15(18)13-9-19-14-6-4-3-5-12(13)14/h3-6,10-11,13H,7-9H2,1-2H3,(H,17,18). The maximum Gasteiger partial charge on any atom is 0.228 e. The predicted octanol–water partition coefficient (Wildman–Crippen LogP) is 3.65. The highest BCUT2D eigenvalue weighted by molar-refractivity contribution is 7.99. The number of amides is 1. The molecule has 2 atom stereocenters. The molecular formula is C15H20ClNOS. The van der Waals surface area contributed by atoms with Gasteiger partial charge in [-0.15, -0.1) is 23.4 Å². The SMILES string of the molecule is CC(C)CC(CCl)NC(=O)C1CSc2ccccc21. The number of hydrogen-bond acceptors (Lipinski definition) is 2. The highest BCUT2D eigenvalue weighted by Crippen LogP contribution is 2.39. The Bertz CT molecular complexity index is 450. The first kappa shape index (κ1) is 14.7. The van der Waals surface area contributed by atoms with Crippen LogP contribution in [0.5, 0.6) is 0 Å². The zero-order valence-electron chi connectivity index (χ0n) is 11.4. The van der Waals surface area contributed by atoms with Crippen molar-refractivity contribution in [1.82, 2.24) is 5.32 Å². The number of carbonyl (C=O) groups excluding carboxylic acids is 1. The van der Waals surface area contributed by atoms with E-state index in [0.717, 1.165) is 17.7 Å². The fourth-order valence-corrected chi connectivity index (χ4v) is 3.84. The average molecular weight is 298 g/mol. The van der Waals surface area contributed by atoms with E-state index < -0.39 is 0 Å². The quantitative estimate of drug-likeness (QED) is 0.841. The lowest BCUT2D eigenvalue weighted by molar-refractivity contribution is -0.122. The molecule has 0 aromatic heterocycles. The Morgan fingerprint density at radius 1 is 1.47 bits per heavy atom. The molecule has 1 amide bonds. The van der Waals surface area contributed by atoms with Crippen molar-refractivity contribution in [3.63, 3.8) is 0 Å². The topological polar surface area (TPSA) is 29.1 Å². The van der Waals surface area contributed by atoms with Gasteiger partial charge in [-0.1, -0.05) is 32.0 Å². The molecule has 1 aliphatic heterocycles. The van der Waals surface area contributed by atoms with Gasteiger partial charge < -0.3 is 5.32 Å². The Labute approximate surface area is 124 Å². The lowest BCUT2D eigenvalue weighted by atomic mass is 9.99. The van der Waals surface area contributed by atoms with E-state index >= 15 is 0 Å². The molecule has 1 heterocycles. The molecule has 0 saturated heterocycles. The van der Waals surface area contributed by atoms with Crippen LogP contribution in [0.15, 0.2) is 29.2 Å². The van der Waals surface area contributed by atoms with Crippen molar-refractivity contribution in [3.05, 3.63) is 29.8 Å². The molecule has 2 rings (SSSR count). The zero-order valence-corrected chi connectivity index (χ0v) is 12.9. The second-order valence-corrected chi connectivity index (χ2v) is 6.76. The maximum absolute atomic E-state index is 12.4. The van der Waals surface area contributed by atoms with E-state index in [9.17, 15) is 4.79 Å². The zero-order chi connectivity index (χ0) is 13.8. The van der Waals surface area contributed by atoms with E-state index in [0.29, 0.717) is 11.8 Å². The third-order valence-corrected chi connectivity index (χ3v) is 4.86. The number of alkyl halides is 1. The van der Waals surface area contributed by atoms with Crippen LogP contribution in [0.1, 0.15) is 31.7 Å². The van der Waals surface area contributed by atoms with E-state index in [2.05, 4.69) is 31.3 Å². The molecule has 104 valence electrons. The smallest absolute Gasteiger partial charge is 0.228 e. The highest BCUT2D eigenvalue weighted by Gasteiger charge is 2.30. The Morgan fingerprint density at radius 3 is 2.89 bits per heavy atom. The van der Waals surface area contributed by atoms with Crippen molar-refractivity contribution in [2.75, 3.05) is 11.6 Å². The minimum absolute atomic E-state index is 0.0286. The van der Waals surface area contributed by atoms with Gasteiger partial charge in [-0.3, -0.25) is 4.79 Å². The van der Waals surface area contributed by atoms with Crippen molar-refractivity contribution in [3.8, 4) is 0 Å². The molecule has 0 spiro atoms. The van der Waals surface area contributed by atoms with Crippen LogP contribution in [0.3, 0.4) is 0 Å². The van der Waals surface area contributed by atoms with Gasteiger partial charge in [0.05, 0.1) is 5.92 Å². The van der Waals surface area contributed by atoms with Crippen LogP contribution >= 0.6 is 23.4 Å². The first-order valence-corrected chi connectivity index (χ1v) is 8.22. The van der Waals surface area contributed by atoms with Gasteiger partial charge in [-0.05, 0) is 24.0 Å². The molecule has 19 heavy (non-hydrogen) atoms. The minimum Gasteiger partial charge on any atom is -0.352 e. The molecule has 0 aliphatic carbocycles. The van der Waals surface area contributed by atoms with E-state index in [1.165, 1.54) is 4.90 Å². The van der Waals surface area contributed by atoms with Crippen molar-refractivity contribution < 1.29 is 4.79 Å². The first-order valence-electron chi connectivity index (χ1n) is 6.70. The van der Waals surface area contributed by atoms with E-state index in [-0.39, 0.29) is 17.9 Å². The number of nitrogens with one attached hydrogen (secondary N) is 1. The lowest BCUT2D eigenvalue weighted by Gasteiger charge is -2.20. The van der Waals surface area contributed by atoms with Gasteiger partial charge in [0.1, 0.15) is 0 Å². The summed E-state index contributed by atoms with van der Waals surface area (Å²) in [6, 6.07) is 8.23. The lowest BCUT2D eigenvalue weighted by Crippen LogP contribution is -2.40. The largest absolute Gasteiger partial charge is 0.352 e. The molecule has 0 bridgehead atoms. The van der Waals surface area contributed by atoms with Crippen molar-refractivity contribution in [2.24, 2.45) is 5.92 Å². The van der Waals surface area contributed by atoms with Gasteiger partial charge in [-0.2, -0.15) is 0 Å². The number of thioether (sulfide) groups is 1. The van der Waals surface area contributed by atoms with Crippen molar-refractivity contribution in [2.45, 2.75) is 37.1 Å². The number of rotatable bonds is 5. The molecule has 0 radical (unpaired) electrons. The summed E-state index contributed by atoms with van der Waals surface area (Å²) in [6.45, 7) is 4.29. The average Bonchev–Trinajstić information content (AvgIpc) is 2.81. The summed E-state index contributed by atoms with van der Waals surface area (Å²) in [4.78, 5) is 13.6. The van der Waals surface area contributed by atoms with Gasteiger partial charge in [0.2, 0.25) is 5.91 Å². The first-order chi connectivity index (χ1) is 9.11. The van der Waals surface area contributed by atoms with Crippen LogP contribution in [0.2, 0.25) is 0 Å². The molecule has 1 aromatic rings. The second-order valence-electron chi connectivity index (χ2n) is 5.39. The molecule has 0 saturated carbocycles. The van der Waals surface area contributed by atoms with Crippen LogP contribution in [-0.2, 0) is 4.79 Å². The van der Waals surface area contributed by atoms with E-state index in [1.54, 1.807) is 11.8 Å². The molecule has 2 nitrogen and oxygen atoms in total. The number of carbonyl (C=O) groups is 1. The Balaban J connectivity index is 2.01.